The lowest BCUT2D eigenvalue weighted by Crippen LogP contribution is -2.53. The van der Waals surface area contributed by atoms with E-state index in [1.54, 1.807) is 32.2 Å². The Morgan fingerprint density at radius 3 is 2.75 bits per heavy atom. The van der Waals surface area contributed by atoms with E-state index in [0.29, 0.717) is 36.9 Å². The third kappa shape index (κ3) is 7.39. The minimum atomic E-state index is -3.97. The summed E-state index contributed by atoms with van der Waals surface area (Å²) in [6, 6.07) is 11.3. The number of methoxy groups -OCH3 is 1. The van der Waals surface area contributed by atoms with Gasteiger partial charge in [-0.2, -0.15) is 0 Å². The highest BCUT2D eigenvalue weighted by Gasteiger charge is 2.49. The first-order chi connectivity index (χ1) is 25.5. The molecule has 3 aliphatic heterocycles. The predicted octanol–water partition coefficient (Wildman–Crippen LogP) is 5.45. The molecule has 1 aromatic heterocycles. The van der Waals surface area contributed by atoms with Crippen LogP contribution in [0.15, 0.2) is 60.9 Å². The minimum absolute atomic E-state index is 0.0434. The molecule has 5 aliphatic rings. The molecule has 2 N–H and O–H groups in total. The maximum Gasteiger partial charge on any atom is 0.264 e. The zero-order valence-electron chi connectivity index (χ0n) is 30.7. The molecule has 11 nitrogen and oxygen atoms in total. The molecule has 0 radical (unpaired) electrons. The van der Waals surface area contributed by atoms with Crippen LogP contribution in [0, 0.1) is 17.8 Å². The topological polar surface area (TPSA) is 132 Å². The molecule has 284 valence electrons. The highest BCUT2D eigenvalue weighted by molar-refractivity contribution is 7.90. The van der Waals surface area contributed by atoms with Crippen LogP contribution in [0.25, 0.3) is 0 Å². The first-order valence-electron chi connectivity index (χ1n) is 18.7. The van der Waals surface area contributed by atoms with Crippen LogP contribution < -0.4 is 19.7 Å². The van der Waals surface area contributed by atoms with Gasteiger partial charge in [0.1, 0.15) is 17.2 Å². The highest BCUT2D eigenvalue weighted by atomic mass is 35.5. The smallest absolute Gasteiger partial charge is 0.264 e. The number of nitrogens with one attached hydrogen (secondary N) is 2. The number of hydrogen-bond donors (Lipinski definition) is 2. The minimum Gasteiger partial charge on any atom is -0.490 e. The second kappa shape index (κ2) is 15.2. The first-order valence-corrected chi connectivity index (χ1v) is 20.7. The van der Waals surface area contributed by atoms with Gasteiger partial charge in [0.2, 0.25) is 10.0 Å². The molecule has 3 aromatic rings. The molecule has 0 saturated heterocycles. The van der Waals surface area contributed by atoms with Crippen LogP contribution >= 0.6 is 11.6 Å². The van der Waals surface area contributed by atoms with Crippen LogP contribution in [0.1, 0.15) is 73.3 Å². The van der Waals surface area contributed by atoms with Crippen molar-refractivity contribution in [1.29, 1.82) is 0 Å². The first kappa shape index (κ1) is 37.6. The quantitative estimate of drug-likeness (QED) is 0.258. The van der Waals surface area contributed by atoms with Gasteiger partial charge in [-0.3, -0.25) is 9.59 Å². The Morgan fingerprint density at radius 2 is 2.00 bits per heavy atom. The van der Waals surface area contributed by atoms with Gasteiger partial charge in [-0.25, -0.2) is 18.1 Å². The molecule has 1 spiro atoms. The lowest BCUT2D eigenvalue weighted by molar-refractivity contribution is -0.135. The summed E-state index contributed by atoms with van der Waals surface area (Å²) in [7, 11) is -2.41. The van der Waals surface area contributed by atoms with Crippen molar-refractivity contribution in [2.75, 3.05) is 38.3 Å². The monoisotopic (exact) mass is 763 g/mol. The Labute approximate surface area is 317 Å². The number of aldehydes is 1. The third-order valence-electron chi connectivity index (χ3n) is 12.3. The molecule has 4 heterocycles. The standard InChI is InChI=1S/C34H41ClN2O6S.C6H9N3/c1-22-6-4-15-34(20-38,42-3)29-11-8-26(29)18-37-19-33(14-5-7-24-16-27(35)10-12-28(24)33)21-43-31-13-9-25(17-30(31)37)32(39)36-44(40,41)23(22)2;1-3-9-4-2-8-6(9)5-7-1/h4,9-10,12-13,15-17,20,22-23,26,29H,5-8,11,14,18-19,21H2,1-3H3,(H,36,39);2,4,7H,1,3,5H2/b15-4+;/t22-,23+,26-,29+,33-,34+;/m0./s1. The van der Waals surface area contributed by atoms with Crippen molar-refractivity contribution in [2.45, 2.75) is 81.7 Å². The maximum absolute atomic E-state index is 13.4. The Kier molecular flexibility index (Phi) is 10.8. The summed E-state index contributed by atoms with van der Waals surface area (Å²) in [6.45, 7) is 8.24. The number of hydrogen-bond acceptors (Lipinski definition) is 9. The number of fused-ring (bicyclic) bond motifs is 5. The molecular weight excluding hydrogens is 714 g/mol. The number of amides is 1. The van der Waals surface area contributed by atoms with E-state index in [9.17, 15) is 18.0 Å². The van der Waals surface area contributed by atoms with Crippen molar-refractivity contribution in [3.63, 3.8) is 0 Å². The molecule has 13 heteroatoms. The largest absolute Gasteiger partial charge is 0.490 e. The molecule has 1 fully saturated rings. The SMILES string of the molecule is CO[C@@]1(C=O)/C=C/C[C@H](C)[C@@H](C)S(=O)(=O)NC(=O)c2ccc3c(c2)N(C[C@@H]2CC[C@H]21)C[C@@]1(CCCc2cc(Cl)ccc21)CO3.c1cn2c(n1)CNCC2. The second-order valence-corrected chi connectivity index (χ2v) is 17.9. The number of aromatic nitrogens is 2. The molecule has 1 amide bonds. The van der Waals surface area contributed by atoms with Crippen LogP contribution in [-0.4, -0.2) is 74.4 Å². The molecular formula is C40H50ClN5O6S. The summed E-state index contributed by atoms with van der Waals surface area (Å²) in [5.41, 5.74) is 2.05. The lowest BCUT2D eigenvalue weighted by Gasteiger charge is -2.48. The number of rotatable bonds is 2. The van der Waals surface area contributed by atoms with E-state index in [-0.39, 0.29) is 28.7 Å². The number of carbonyl (C=O) groups is 2. The number of carbonyl (C=O) groups excluding carboxylic acids is 2. The van der Waals surface area contributed by atoms with Crippen LogP contribution in [0.3, 0.4) is 0 Å². The number of halogens is 1. The van der Waals surface area contributed by atoms with Crippen molar-refractivity contribution < 1.29 is 27.5 Å². The average molecular weight is 764 g/mol. The Balaban J connectivity index is 0.000000418. The number of imidazole rings is 1. The van der Waals surface area contributed by atoms with E-state index in [0.717, 1.165) is 69.5 Å². The van der Waals surface area contributed by atoms with E-state index in [2.05, 4.69) is 36.6 Å². The van der Waals surface area contributed by atoms with E-state index >= 15 is 0 Å². The number of allylic oxidation sites excluding steroid dienone is 1. The van der Waals surface area contributed by atoms with E-state index in [1.165, 1.54) is 11.1 Å². The normalized spacial score (nSPS) is 31.1. The molecule has 2 aromatic carbocycles. The fourth-order valence-electron chi connectivity index (χ4n) is 8.79. The van der Waals surface area contributed by atoms with Gasteiger partial charge in [0.25, 0.3) is 5.91 Å². The van der Waals surface area contributed by atoms with Gasteiger partial charge >= 0.3 is 0 Å². The molecule has 8 rings (SSSR count). The summed E-state index contributed by atoms with van der Waals surface area (Å²) in [6.07, 6.45) is 13.5. The van der Waals surface area contributed by atoms with Crippen molar-refractivity contribution >= 4 is 39.5 Å². The van der Waals surface area contributed by atoms with Gasteiger partial charge in [0, 0.05) is 67.6 Å². The third-order valence-corrected chi connectivity index (χ3v) is 14.5. The van der Waals surface area contributed by atoms with E-state index in [4.69, 9.17) is 21.1 Å². The summed E-state index contributed by atoms with van der Waals surface area (Å²) < 4.78 is 43.5. The molecule has 2 bridgehead atoms. The van der Waals surface area contributed by atoms with Gasteiger partial charge in [0.05, 0.1) is 24.1 Å². The predicted molar refractivity (Wildman–Crippen MR) is 205 cm³/mol. The average Bonchev–Trinajstić information content (AvgIpc) is 3.57. The van der Waals surface area contributed by atoms with Crippen LogP contribution in [0.5, 0.6) is 5.75 Å². The molecule has 0 unspecified atom stereocenters. The summed E-state index contributed by atoms with van der Waals surface area (Å²) in [5.74, 6) is 0.951. The number of nitrogens with zero attached hydrogens (tertiary/aromatic N) is 3. The Hall–Kier alpha value is -3.71. The lowest BCUT2D eigenvalue weighted by atomic mass is 9.64. The molecule has 2 aliphatic carbocycles. The fraction of sp³-hybridized carbons (Fsp3) is 0.525. The van der Waals surface area contributed by atoms with Gasteiger partial charge in [-0.05, 0) is 105 Å². The van der Waals surface area contributed by atoms with Gasteiger partial charge in [-0.15, -0.1) is 0 Å². The van der Waals surface area contributed by atoms with Crippen molar-refractivity contribution in [3.05, 3.63) is 88.5 Å². The van der Waals surface area contributed by atoms with E-state index in [1.807, 2.05) is 37.5 Å². The zero-order valence-corrected chi connectivity index (χ0v) is 32.3. The van der Waals surface area contributed by atoms with Gasteiger partial charge < -0.3 is 24.3 Å². The maximum atomic E-state index is 13.4. The fourth-order valence-corrected chi connectivity index (χ4v) is 10.3. The van der Waals surface area contributed by atoms with E-state index < -0.39 is 26.8 Å². The van der Waals surface area contributed by atoms with Gasteiger partial charge in [0.15, 0.2) is 6.29 Å². The van der Waals surface area contributed by atoms with Crippen LogP contribution in [0.4, 0.5) is 5.69 Å². The molecule has 6 atom stereocenters. The number of sulfonamides is 1. The van der Waals surface area contributed by atoms with Gasteiger partial charge in [-0.1, -0.05) is 30.7 Å². The van der Waals surface area contributed by atoms with Crippen LogP contribution in [0.2, 0.25) is 5.02 Å². The molecule has 53 heavy (non-hydrogen) atoms. The summed E-state index contributed by atoms with van der Waals surface area (Å²) in [4.78, 5) is 32.5. The number of aryl methyl sites for hydroxylation is 1. The zero-order chi connectivity index (χ0) is 37.4. The Morgan fingerprint density at radius 1 is 1.15 bits per heavy atom. The summed E-state index contributed by atoms with van der Waals surface area (Å²) in [5, 5.41) is 3.12. The Bertz CT molecular complexity index is 1960. The number of anilines is 1. The number of ether oxygens (including phenoxy) is 2. The number of benzene rings is 2. The van der Waals surface area contributed by atoms with Crippen molar-refractivity contribution in [2.24, 2.45) is 17.8 Å². The second-order valence-electron chi connectivity index (χ2n) is 15.4. The van der Waals surface area contributed by atoms with Crippen molar-refractivity contribution in [3.8, 4) is 5.75 Å². The molecule has 1 saturated carbocycles. The summed E-state index contributed by atoms with van der Waals surface area (Å²) >= 11 is 6.40. The van der Waals surface area contributed by atoms with Crippen molar-refractivity contribution in [1.82, 2.24) is 19.6 Å². The van der Waals surface area contributed by atoms with Crippen LogP contribution in [-0.2, 0) is 44.5 Å². The highest BCUT2D eigenvalue weighted by Crippen LogP contribution is 2.48.